The van der Waals surface area contributed by atoms with Gasteiger partial charge in [0, 0.05) is 55.7 Å². The fraction of sp³-hybridized carbons (Fsp3) is 0.453. The highest BCUT2D eigenvalue weighted by Gasteiger charge is 2.40. The number of nitrogens with zero attached hydrogens (tertiary/aromatic N) is 11. The number of nitrogens with two attached hydrogens (primary N) is 1. The number of urea groups is 1. The van der Waals surface area contributed by atoms with Crippen molar-refractivity contribution < 1.29 is 59.6 Å². The highest BCUT2D eigenvalue weighted by molar-refractivity contribution is 6.04. The molecule has 0 spiro atoms. The molecule has 0 aliphatic carbocycles. The van der Waals surface area contributed by atoms with Crippen molar-refractivity contribution in [1.29, 1.82) is 0 Å². The summed E-state index contributed by atoms with van der Waals surface area (Å²) in [5.74, 6) is 0.816. The quantitative estimate of drug-likeness (QED) is 0.115. The van der Waals surface area contributed by atoms with Gasteiger partial charge in [-0.1, -0.05) is 24.3 Å². The Morgan fingerprint density at radius 2 is 1.27 bits per heavy atom. The number of fused-ring (bicyclic) bond motifs is 8. The zero-order chi connectivity index (χ0) is 56.4. The van der Waals surface area contributed by atoms with Gasteiger partial charge in [-0.05, 0) is 89.8 Å². The van der Waals surface area contributed by atoms with Crippen LogP contribution in [0.3, 0.4) is 0 Å². The number of nitrogens with one attached hydrogen (secondary N) is 2. The molecule has 10 heterocycles. The molecule has 2 aromatic carbocycles. The molecule has 80 heavy (non-hydrogen) atoms. The predicted molar refractivity (Wildman–Crippen MR) is 280 cm³/mol. The summed E-state index contributed by atoms with van der Waals surface area (Å²) in [7, 11) is 0. The van der Waals surface area contributed by atoms with Crippen LogP contribution >= 0.6 is 0 Å². The van der Waals surface area contributed by atoms with E-state index >= 15 is 0 Å². The fourth-order valence-corrected chi connectivity index (χ4v) is 9.85. The molecule has 6 aliphatic heterocycles. The van der Waals surface area contributed by atoms with Crippen molar-refractivity contribution in [3.05, 3.63) is 96.6 Å². The van der Waals surface area contributed by atoms with E-state index in [2.05, 4.69) is 60.3 Å². The van der Waals surface area contributed by atoms with Crippen molar-refractivity contribution >= 4 is 40.7 Å². The van der Waals surface area contributed by atoms with E-state index in [0.717, 1.165) is 75.3 Å². The summed E-state index contributed by atoms with van der Waals surface area (Å²) >= 11 is 0. The lowest BCUT2D eigenvalue weighted by molar-refractivity contribution is -0.142. The Balaban J connectivity index is 0.000000154. The summed E-state index contributed by atoms with van der Waals surface area (Å²) < 4.78 is 112. The molecule has 4 fully saturated rings. The molecule has 12 rings (SSSR count). The highest BCUT2D eigenvalue weighted by atomic mass is 19.4. The number of anilines is 6. The number of aromatic nitrogens is 8. The van der Waals surface area contributed by atoms with Gasteiger partial charge in [0.1, 0.15) is 37.1 Å². The van der Waals surface area contributed by atoms with Crippen LogP contribution in [0.5, 0.6) is 12.0 Å². The van der Waals surface area contributed by atoms with Gasteiger partial charge in [0.15, 0.2) is 34.9 Å². The molecule has 424 valence electrons. The molecule has 0 saturated carbocycles. The average molecular weight is 1120 g/mol. The molecular formula is C53H58F6N14O7. The maximum absolute atomic E-state index is 13.7. The number of nitrogen functional groups attached to an aromatic ring is 1. The topological polar surface area (TPSA) is 235 Å². The molecule has 4 N–H and O–H groups in total. The average Bonchev–Trinajstić information content (AvgIpc) is 3.98. The van der Waals surface area contributed by atoms with Crippen LogP contribution in [0.1, 0.15) is 64.5 Å². The monoisotopic (exact) mass is 1120 g/mol. The van der Waals surface area contributed by atoms with Crippen LogP contribution in [0, 0.1) is 0 Å². The summed E-state index contributed by atoms with van der Waals surface area (Å²) in [6.45, 7) is 12.0. The van der Waals surface area contributed by atoms with Crippen LogP contribution in [-0.4, -0.2) is 134 Å². The lowest BCUT2D eigenvalue weighted by Crippen LogP contribution is -2.56. The van der Waals surface area contributed by atoms with Gasteiger partial charge in [-0.2, -0.15) is 36.3 Å². The minimum atomic E-state index is -4.51. The molecule has 4 saturated heterocycles. The number of amides is 2. The van der Waals surface area contributed by atoms with E-state index in [1.165, 1.54) is 35.4 Å². The highest BCUT2D eigenvalue weighted by Crippen LogP contribution is 2.40. The first kappa shape index (κ1) is 55.6. The number of halogens is 6. The van der Waals surface area contributed by atoms with Crippen LogP contribution in [0.4, 0.5) is 65.8 Å². The van der Waals surface area contributed by atoms with Gasteiger partial charge < -0.3 is 49.3 Å². The number of hydrogen-bond acceptors (Lipinski definition) is 19. The van der Waals surface area contributed by atoms with Crippen LogP contribution in [0.15, 0.2) is 85.5 Å². The van der Waals surface area contributed by atoms with Crippen molar-refractivity contribution in [2.45, 2.75) is 102 Å². The molecule has 0 radical (unpaired) electrons. The molecule has 4 atom stereocenters. The van der Waals surface area contributed by atoms with Gasteiger partial charge in [0.2, 0.25) is 0 Å². The van der Waals surface area contributed by atoms with Crippen LogP contribution < -0.4 is 40.5 Å². The summed E-state index contributed by atoms with van der Waals surface area (Å²) in [6, 6.07) is 13.1. The third-order valence-corrected chi connectivity index (χ3v) is 13.5. The first-order valence-corrected chi connectivity index (χ1v) is 25.9. The molecule has 27 heteroatoms. The van der Waals surface area contributed by atoms with Gasteiger partial charge in [0.25, 0.3) is 0 Å². The smallest absolute Gasteiger partial charge is 0.416 e. The zero-order valence-electron chi connectivity index (χ0n) is 44.0. The molecule has 21 nitrogen and oxygen atoms in total. The molecular weight excluding hydrogens is 1060 g/mol. The van der Waals surface area contributed by atoms with E-state index in [0.29, 0.717) is 66.9 Å². The lowest BCUT2D eigenvalue weighted by atomic mass is 10.0. The predicted octanol–water partition coefficient (Wildman–Crippen LogP) is 8.65. The van der Waals surface area contributed by atoms with Crippen molar-refractivity contribution in [1.82, 2.24) is 39.9 Å². The lowest BCUT2D eigenvalue weighted by Gasteiger charge is -2.45. The first-order chi connectivity index (χ1) is 38.1. The first-order valence-electron chi connectivity index (χ1n) is 25.9. The number of piperidine rings is 2. The largest absolute Gasteiger partial charge is 0.461 e. The van der Waals surface area contributed by atoms with Crippen molar-refractivity contribution in [2.75, 3.05) is 83.7 Å². The second kappa shape index (κ2) is 22.8. The van der Waals surface area contributed by atoms with Gasteiger partial charge >= 0.3 is 30.4 Å². The number of benzene rings is 2. The molecule has 0 unspecified atom stereocenters. The van der Waals surface area contributed by atoms with Gasteiger partial charge in [0.05, 0.1) is 54.2 Å². The normalized spacial score (nSPS) is 21.4. The number of alkyl halides is 6. The number of ether oxygens (including phenoxy) is 6. The van der Waals surface area contributed by atoms with E-state index in [-0.39, 0.29) is 54.1 Å². The molecule has 6 aliphatic rings. The fourth-order valence-electron chi connectivity index (χ4n) is 9.85. The second-order valence-electron chi connectivity index (χ2n) is 20.5. The third kappa shape index (κ3) is 13.5. The van der Waals surface area contributed by atoms with Gasteiger partial charge in [-0.15, -0.1) is 0 Å². The minimum absolute atomic E-state index is 0.0631. The second-order valence-corrected chi connectivity index (χ2v) is 20.5. The maximum atomic E-state index is 13.7. The summed E-state index contributed by atoms with van der Waals surface area (Å²) in [5, 5.41) is 6.17. The third-order valence-electron chi connectivity index (χ3n) is 13.5. The number of carbonyl (C=O) groups is 1. The summed E-state index contributed by atoms with van der Waals surface area (Å²) in [4.78, 5) is 53.5. The molecule has 6 aromatic rings. The van der Waals surface area contributed by atoms with Gasteiger partial charge in [-0.3, -0.25) is 10.2 Å². The van der Waals surface area contributed by atoms with Gasteiger partial charge in [-0.25, -0.2) is 34.7 Å². The number of carbonyl (C=O) groups excluding carboxylic acids is 1. The van der Waals surface area contributed by atoms with Crippen LogP contribution in [0.25, 0.3) is 22.8 Å². The Kier molecular flexibility index (Phi) is 15.8. The minimum Gasteiger partial charge on any atom is -0.461 e. The Hall–Kier alpha value is -7.75. The SMILES string of the molecule is CC1(C)OC[C@H](COc2nccc(N)n2)O1.CC1(C)OC[C@H](COc2nccc(NC(=O)N3c4nc(-c5cccc(C(F)(F)F)c5)ncc4N4CCC[C@H]3C4)n2)O1.FC(F)(F)c1cccc(-c2ncc3c(n2)N[C@H]2CCCN3C2)c1. The van der Waals surface area contributed by atoms with Crippen LogP contribution in [-0.2, 0) is 31.3 Å². The van der Waals surface area contributed by atoms with E-state index < -0.39 is 41.1 Å². The van der Waals surface area contributed by atoms with E-state index in [1.807, 2.05) is 27.7 Å². The Bertz CT molecular complexity index is 3180. The number of hydrogen-bond donors (Lipinski definition) is 3. The zero-order valence-corrected chi connectivity index (χ0v) is 44.0. The molecule has 4 aromatic heterocycles. The standard InChI is InChI=1S/C27H28F3N7O4.C16H15F3N4.C10H15N3O3/c1-26(2)40-15-19(41-26)14-39-24-31-9-8-21(33-24)34-25(38)37-18-7-4-10-36(13-18)20-12-32-22(35-23(20)37)16-5-3-6-17(11-16)27(28,29)30;17-16(18,19)11-4-1-3-10(7-11)14-20-8-13-15(22-14)21-12-5-2-6-23(13)9-12;1-10(2)15-6-7(16-10)5-14-9-12-4-3-8(11)13-9/h3,5-6,8-9,11-12,18-19H,4,7,10,13-15H2,1-2H3,(H,31,33,34,38);1,3-4,7-8,12H,2,5-6,9H2,(H,20,21,22);3-4,7H,5-6H2,1-2H3,(H2,11,12,13)/t18-,19-;12-;7-/m000/s1. The molecule has 4 bridgehead atoms. The van der Waals surface area contributed by atoms with E-state index in [4.69, 9.17) is 34.2 Å². The maximum Gasteiger partial charge on any atom is 0.416 e. The van der Waals surface area contributed by atoms with Crippen molar-refractivity contribution in [3.8, 4) is 34.8 Å². The van der Waals surface area contributed by atoms with Crippen molar-refractivity contribution in [2.24, 2.45) is 0 Å². The number of rotatable bonds is 9. The van der Waals surface area contributed by atoms with E-state index in [1.54, 1.807) is 30.7 Å². The van der Waals surface area contributed by atoms with Crippen LogP contribution in [0.2, 0.25) is 0 Å². The Labute approximate surface area is 455 Å². The Morgan fingerprint density at radius 1 is 0.713 bits per heavy atom. The Morgan fingerprint density at radius 3 is 1.86 bits per heavy atom. The summed E-state index contributed by atoms with van der Waals surface area (Å²) in [6.07, 6.45) is 0.824. The van der Waals surface area contributed by atoms with E-state index in [9.17, 15) is 31.1 Å². The van der Waals surface area contributed by atoms with Crippen molar-refractivity contribution in [3.63, 3.8) is 0 Å². The molecule has 2 amide bonds. The summed E-state index contributed by atoms with van der Waals surface area (Å²) in [5.41, 5.74) is 6.14.